The molecular weight excluding hydrogens is 318 g/mol. The molecule has 1 atom stereocenters. The molecular formula is C19H37N3O3. The van der Waals surface area contributed by atoms with Gasteiger partial charge in [0, 0.05) is 0 Å². The van der Waals surface area contributed by atoms with Crippen molar-refractivity contribution in [3.63, 3.8) is 0 Å². The van der Waals surface area contributed by atoms with E-state index in [-0.39, 0.29) is 12.5 Å². The fraction of sp³-hybridized carbons (Fsp3) is 0.895. The first-order chi connectivity index (χ1) is 12.1. The third-order valence-electron chi connectivity index (χ3n) is 4.35. The van der Waals surface area contributed by atoms with Crippen LogP contribution in [0.5, 0.6) is 0 Å². The normalized spacial score (nSPS) is 11.8. The van der Waals surface area contributed by atoms with Crippen LogP contribution in [0.3, 0.4) is 0 Å². The summed E-state index contributed by atoms with van der Waals surface area (Å²) < 4.78 is 5.12. The largest absolute Gasteiger partial charge is 0.480 e. The van der Waals surface area contributed by atoms with E-state index in [9.17, 15) is 4.79 Å². The molecule has 0 aliphatic heterocycles. The number of rotatable bonds is 17. The van der Waals surface area contributed by atoms with Crippen LogP contribution in [-0.4, -0.2) is 34.4 Å². The molecule has 0 heterocycles. The Hall–Kier alpha value is -1.39. The maximum atomic E-state index is 10.6. The fourth-order valence-electron chi connectivity index (χ4n) is 2.70. The Labute approximate surface area is 152 Å². The van der Waals surface area contributed by atoms with E-state index in [1.54, 1.807) is 0 Å². The average Bonchev–Trinajstić information content (AvgIpc) is 2.61. The van der Waals surface area contributed by atoms with Gasteiger partial charge in [0.15, 0.2) is 0 Å². The van der Waals surface area contributed by atoms with Crippen molar-refractivity contribution in [3.8, 4) is 0 Å². The van der Waals surface area contributed by atoms with Crippen molar-refractivity contribution < 1.29 is 19.4 Å². The van der Waals surface area contributed by atoms with Crippen molar-refractivity contribution >= 4 is 11.9 Å². The van der Waals surface area contributed by atoms with Crippen LogP contribution in [0.15, 0.2) is 0 Å². The van der Waals surface area contributed by atoms with Gasteiger partial charge < -0.3 is 21.1 Å². The summed E-state index contributed by atoms with van der Waals surface area (Å²) in [6.45, 7) is 2.08. The predicted octanol–water partition coefficient (Wildman–Crippen LogP) is 4.52. The maximum Gasteiger partial charge on any atom is 0.449 e. The number of nitrogens with two attached hydrogens (primary N) is 1. The number of carboxylic acid groups (broad SMARTS) is 1. The number of carboxylic acids is 1. The Bertz CT molecular complexity index is 382. The quantitative estimate of drug-likeness (QED) is 0.131. The lowest BCUT2D eigenvalue weighted by Crippen LogP contribution is -2.35. The van der Waals surface area contributed by atoms with E-state index in [0.29, 0.717) is 6.42 Å². The molecule has 0 aromatic carbocycles. The zero-order chi connectivity index (χ0) is 18.8. The number of aliphatic carboxylic acids is 1. The molecule has 0 bridgehead atoms. The van der Waals surface area contributed by atoms with Crippen molar-refractivity contribution in [3.05, 3.63) is 5.53 Å². The second kappa shape index (κ2) is 17.4. The third-order valence-corrected chi connectivity index (χ3v) is 4.35. The Kier molecular flexibility index (Phi) is 16.5. The highest BCUT2D eigenvalue weighted by molar-refractivity contribution is 5.74. The molecule has 6 heteroatoms. The highest BCUT2D eigenvalue weighted by Crippen LogP contribution is 2.13. The number of hydrogen-bond acceptors (Lipinski definition) is 3. The van der Waals surface area contributed by atoms with Crippen LogP contribution in [0.2, 0.25) is 0 Å². The highest BCUT2D eigenvalue weighted by Gasteiger charge is 2.16. The molecule has 0 radical (unpaired) electrons. The number of hydrogen-bond donors (Lipinski definition) is 2. The van der Waals surface area contributed by atoms with Crippen LogP contribution >= 0.6 is 0 Å². The van der Waals surface area contributed by atoms with Gasteiger partial charge in [0.2, 0.25) is 0 Å². The first-order valence-corrected chi connectivity index (χ1v) is 9.94. The molecule has 0 saturated heterocycles. The van der Waals surface area contributed by atoms with Crippen LogP contribution in [0.25, 0.3) is 5.53 Å². The molecule has 0 spiro atoms. The Morgan fingerprint density at radius 1 is 0.960 bits per heavy atom. The smallest absolute Gasteiger partial charge is 0.449 e. The van der Waals surface area contributed by atoms with E-state index in [0.717, 1.165) is 12.8 Å². The molecule has 0 amide bonds. The van der Waals surface area contributed by atoms with Gasteiger partial charge in [0.1, 0.15) is 12.6 Å². The van der Waals surface area contributed by atoms with Gasteiger partial charge in [0.25, 0.3) is 0 Å². The summed E-state index contributed by atoms with van der Waals surface area (Å²) in [5.41, 5.74) is 14.2. The Balaban J connectivity index is 3.39. The standard InChI is InChI=1S/C19H37N3O3/c1-2-3-4-5-6-7-8-9-10-11-12-13-14-15-18(22-21)25-16-17(20)19(23)24/h17H,2-16,20H2,1H3,(H,23,24)/t17-/m0/s1. The lowest BCUT2D eigenvalue weighted by atomic mass is 10.0. The van der Waals surface area contributed by atoms with E-state index >= 15 is 0 Å². The topological polar surface area (TPSA) is 109 Å². The number of carbonyl (C=O) groups is 1. The van der Waals surface area contributed by atoms with E-state index in [1.165, 1.54) is 70.6 Å². The highest BCUT2D eigenvalue weighted by atomic mass is 16.5. The molecule has 0 aromatic heterocycles. The van der Waals surface area contributed by atoms with Gasteiger partial charge in [-0.05, 0) is 6.42 Å². The minimum atomic E-state index is -1.13. The van der Waals surface area contributed by atoms with Crippen LogP contribution < -0.4 is 5.73 Å². The number of nitrogens with zero attached hydrogens (tertiary/aromatic N) is 2. The summed E-state index contributed by atoms with van der Waals surface area (Å²) in [4.78, 5) is 13.6. The second-order valence-electron chi connectivity index (χ2n) is 6.74. The molecule has 146 valence electrons. The molecule has 25 heavy (non-hydrogen) atoms. The molecule has 0 aliphatic carbocycles. The molecule has 0 saturated carbocycles. The van der Waals surface area contributed by atoms with E-state index in [2.05, 4.69) is 11.7 Å². The molecule has 0 rings (SSSR count). The predicted molar refractivity (Wildman–Crippen MR) is 101 cm³/mol. The Morgan fingerprint density at radius 2 is 1.40 bits per heavy atom. The monoisotopic (exact) mass is 355 g/mol. The minimum absolute atomic E-state index is 0.166. The van der Waals surface area contributed by atoms with Gasteiger partial charge in [-0.25, -0.2) is 0 Å². The molecule has 0 aromatic rings. The van der Waals surface area contributed by atoms with Crippen LogP contribution in [-0.2, 0) is 9.53 Å². The summed E-state index contributed by atoms with van der Waals surface area (Å²) >= 11 is 0. The van der Waals surface area contributed by atoms with E-state index < -0.39 is 12.0 Å². The van der Waals surface area contributed by atoms with Gasteiger partial charge in [-0.2, -0.15) is 0 Å². The van der Waals surface area contributed by atoms with Crippen molar-refractivity contribution in [2.45, 2.75) is 103 Å². The van der Waals surface area contributed by atoms with Crippen LogP contribution in [0.4, 0.5) is 0 Å². The van der Waals surface area contributed by atoms with Crippen molar-refractivity contribution in [1.29, 1.82) is 0 Å². The van der Waals surface area contributed by atoms with Crippen LogP contribution in [0.1, 0.15) is 96.8 Å². The summed E-state index contributed by atoms with van der Waals surface area (Å²) in [6, 6.07) is -1.09. The van der Waals surface area contributed by atoms with Gasteiger partial charge in [-0.3, -0.25) is 4.79 Å². The SMILES string of the molecule is CCCCCCCCCCCCCCCC(=[N+]=[N-])OC[C@H](N)C(=O)O. The zero-order valence-corrected chi connectivity index (χ0v) is 15.9. The number of unbranched alkanes of at least 4 members (excludes halogenated alkanes) is 12. The average molecular weight is 356 g/mol. The van der Waals surface area contributed by atoms with Gasteiger partial charge >= 0.3 is 11.9 Å². The van der Waals surface area contributed by atoms with Crippen molar-refractivity contribution in [2.24, 2.45) is 5.73 Å². The van der Waals surface area contributed by atoms with Gasteiger partial charge in [-0.15, -0.1) is 4.79 Å². The first kappa shape index (κ1) is 23.6. The molecule has 0 aliphatic rings. The summed E-state index contributed by atoms with van der Waals surface area (Å²) in [5.74, 6) is -0.960. The second-order valence-corrected chi connectivity index (χ2v) is 6.74. The van der Waals surface area contributed by atoms with Crippen molar-refractivity contribution in [2.75, 3.05) is 6.61 Å². The summed E-state index contributed by atoms with van der Waals surface area (Å²) in [5, 5.41) is 8.66. The maximum absolute atomic E-state index is 10.6. The molecule has 3 N–H and O–H groups in total. The minimum Gasteiger partial charge on any atom is -0.480 e. The van der Waals surface area contributed by atoms with Gasteiger partial charge in [-0.1, -0.05) is 84.0 Å². The lowest BCUT2D eigenvalue weighted by molar-refractivity contribution is -0.139. The zero-order valence-electron chi connectivity index (χ0n) is 15.9. The summed E-state index contributed by atoms with van der Waals surface area (Å²) in [7, 11) is 0. The van der Waals surface area contributed by atoms with E-state index in [4.69, 9.17) is 21.1 Å². The summed E-state index contributed by atoms with van der Waals surface area (Å²) in [6.07, 6.45) is 17.1. The molecule has 6 nitrogen and oxygen atoms in total. The third kappa shape index (κ3) is 15.9. The van der Waals surface area contributed by atoms with Gasteiger partial charge in [0.05, 0.1) is 6.42 Å². The van der Waals surface area contributed by atoms with E-state index in [1.807, 2.05) is 0 Å². The fourth-order valence-corrected chi connectivity index (χ4v) is 2.70. The Morgan fingerprint density at radius 3 is 1.80 bits per heavy atom. The number of ether oxygens (including phenoxy) is 1. The lowest BCUT2D eigenvalue weighted by Gasteiger charge is -2.05. The molecule has 0 fully saturated rings. The van der Waals surface area contributed by atoms with Crippen LogP contribution in [0, 0.1) is 0 Å². The first-order valence-electron chi connectivity index (χ1n) is 9.94. The van der Waals surface area contributed by atoms with Crippen molar-refractivity contribution in [1.82, 2.24) is 0 Å². The molecule has 0 unspecified atom stereocenters.